The molecule has 0 aliphatic rings. The van der Waals surface area contributed by atoms with Gasteiger partial charge in [0.1, 0.15) is 23.9 Å². The molecule has 170 valence electrons. The minimum Gasteiger partial charge on any atom is -0.488 e. The van der Waals surface area contributed by atoms with Crippen molar-refractivity contribution in [3.8, 4) is 5.75 Å². The van der Waals surface area contributed by atoms with Gasteiger partial charge in [0.2, 0.25) is 0 Å². The summed E-state index contributed by atoms with van der Waals surface area (Å²) >= 11 is 6.08. The fourth-order valence-corrected chi connectivity index (χ4v) is 3.54. The Hall–Kier alpha value is -3.65. The first-order chi connectivity index (χ1) is 15.8. The van der Waals surface area contributed by atoms with Gasteiger partial charge >= 0.3 is 0 Å². The molecule has 0 radical (unpaired) electrons. The topological polar surface area (TPSA) is 82.2 Å². The zero-order valence-corrected chi connectivity index (χ0v) is 19.1. The summed E-state index contributed by atoms with van der Waals surface area (Å²) < 4.78 is 26.7. The first kappa shape index (κ1) is 22.5. The van der Waals surface area contributed by atoms with Gasteiger partial charge in [-0.05, 0) is 50.1 Å². The van der Waals surface area contributed by atoms with Crippen molar-refractivity contribution < 1.29 is 18.4 Å². The number of rotatable bonds is 7. The van der Waals surface area contributed by atoms with Gasteiger partial charge in [-0.3, -0.25) is 9.48 Å². The lowest BCUT2D eigenvalue weighted by Gasteiger charge is -2.11. The average molecular weight is 469 g/mol. The number of aromatic nitrogens is 3. The molecule has 0 bridgehead atoms. The molecule has 4 aromatic rings. The van der Waals surface area contributed by atoms with Gasteiger partial charge in [-0.15, -0.1) is 0 Å². The summed E-state index contributed by atoms with van der Waals surface area (Å²) in [6, 6.07) is 10.3. The molecule has 2 aromatic heterocycles. The molecular formula is C24H22ClFN4O3. The number of aryl methyl sites for hydroxylation is 2. The van der Waals surface area contributed by atoms with Crippen LogP contribution in [-0.2, 0) is 13.2 Å². The molecule has 4 rings (SSSR count). The number of nitrogens with one attached hydrogen (secondary N) is 1. The summed E-state index contributed by atoms with van der Waals surface area (Å²) in [4.78, 5) is 12.8. The van der Waals surface area contributed by atoms with Gasteiger partial charge in [0, 0.05) is 16.8 Å². The van der Waals surface area contributed by atoms with Crippen LogP contribution in [0.2, 0.25) is 5.02 Å². The standard InChI is InChI=1S/C24H22ClFN4O3/c1-14-6-4-9-22(15(14)2)32-13-19-16(3)33-29-23(19)24(31)28-17-10-27-30(11-17)12-18-20(25)7-5-8-21(18)26/h4-11H,12-13H2,1-3H3,(H,28,31). The SMILES string of the molecule is Cc1cccc(OCc2c(C(=O)Nc3cnn(Cc4c(F)cccc4Cl)c3)noc2C)c1C. The monoisotopic (exact) mass is 468 g/mol. The van der Waals surface area contributed by atoms with Crippen LogP contribution in [0.5, 0.6) is 5.75 Å². The van der Waals surface area contributed by atoms with E-state index in [2.05, 4.69) is 15.6 Å². The van der Waals surface area contributed by atoms with E-state index in [0.29, 0.717) is 27.6 Å². The number of hydrogen-bond acceptors (Lipinski definition) is 5. The van der Waals surface area contributed by atoms with Crippen molar-refractivity contribution >= 4 is 23.2 Å². The maximum atomic E-state index is 14.0. The maximum absolute atomic E-state index is 14.0. The van der Waals surface area contributed by atoms with Gasteiger partial charge < -0.3 is 14.6 Å². The van der Waals surface area contributed by atoms with Crippen LogP contribution in [0.4, 0.5) is 10.1 Å². The van der Waals surface area contributed by atoms with Crippen LogP contribution in [0.3, 0.4) is 0 Å². The third-order valence-corrected chi connectivity index (χ3v) is 5.75. The molecular weight excluding hydrogens is 447 g/mol. The van der Waals surface area contributed by atoms with Gasteiger partial charge in [0.25, 0.3) is 5.91 Å². The van der Waals surface area contributed by atoms with Crippen molar-refractivity contribution in [3.63, 3.8) is 0 Å². The van der Waals surface area contributed by atoms with Crippen LogP contribution in [-0.4, -0.2) is 20.8 Å². The number of halogens is 2. The van der Waals surface area contributed by atoms with E-state index in [1.54, 1.807) is 19.2 Å². The minimum atomic E-state index is -0.463. The molecule has 2 aromatic carbocycles. The van der Waals surface area contributed by atoms with E-state index in [9.17, 15) is 9.18 Å². The molecule has 0 saturated carbocycles. The highest BCUT2D eigenvalue weighted by atomic mass is 35.5. The molecule has 0 saturated heterocycles. The van der Waals surface area contributed by atoms with E-state index < -0.39 is 11.7 Å². The Labute approximate surface area is 195 Å². The second-order valence-corrected chi connectivity index (χ2v) is 8.04. The molecule has 0 aliphatic heterocycles. The Morgan fingerprint density at radius 1 is 1.18 bits per heavy atom. The molecule has 2 heterocycles. The van der Waals surface area contributed by atoms with Crippen molar-refractivity contribution in [3.05, 3.63) is 93.3 Å². The normalized spacial score (nSPS) is 10.9. The van der Waals surface area contributed by atoms with E-state index in [0.717, 1.165) is 16.9 Å². The number of carbonyl (C=O) groups excluding carboxylic acids is 1. The lowest BCUT2D eigenvalue weighted by molar-refractivity contribution is 0.101. The summed E-state index contributed by atoms with van der Waals surface area (Å²) in [6.07, 6.45) is 3.05. The summed E-state index contributed by atoms with van der Waals surface area (Å²) in [5, 5.41) is 11.1. The highest BCUT2D eigenvalue weighted by Crippen LogP contribution is 2.24. The molecule has 0 unspecified atom stereocenters. The van der Waals surface area contributed by atoms with E-state index in [1.807, 2.05) is 32.0 Å². The fraction of sp³-hybridized carbons (Fsp3) is 0.208. The number of ether oxygens (including phenoxy) is 1. The molecule has 9 heteroatoms. The molecule has 33 heavy (non-hydrogen) atoms. The van der Waals surface area contributed by atoms with E-state index in [4.69, 9.17) is 20.9 Å². The van der Waals surface area contributed by atoms with Crippen LogP contribution in [0, 0.1) is 26.6 Å². The van der Waals surface area contributed by atoms with Gasteiger partial charge in [-0.1, -0.05) is 35.0 Å². The summed E-state index contributed by atoms with van der Waals surface area (Å²) in [6.45, 7) is 5.96. The summed E-state index contributed by atoms with van der Waals surface area (Å²) in [7, 11) is 0. The first-order valence-electron chi connectivity index (χ1n) is 10.2. The maximum Gasteiger partial charge on any atom is 0.278 e. The zero-order chi connectivity index (χ0) is 23.5. The molecule has 7 nitrogen and oxygen atoms in total. The molecule has 0 fully saturated rings. The fourth-order valence-electron chi connectivity index (χ4n) is 3.32. The first-order valence-corrected chi connectivity index (χ1v) is 10.6. The lowest BCUT2D eigenvalue weighted by Crippen LogP contribution is -2.15. The third-order valence-electron chi connectivity index (χ3n) is 5.40. The van der Waals surface area contributed by atoms with Crippen LogP contribution in [0.15, 0.2) is 53.3 Å². The van der Waals surface area contributed by atoms with E-state index >= 15 is 0 Å². The van der Waals surface area contributed by atoms with E-state index in [1.165, 1.54) is 23.0 Å². The van der Waals surface area contributed by atoms with Crippen LogP contribution in [0.1, 0.15) is 38.5 Å². The third kappa shape index (κ3) is 4.90. The number of amides is 1. The number of benzene rings is 2. The Kier molecular flexibility index (Phi) is 6.46. The minimum absolute atomic E-state index is 0.124. The van der Waals surface area contributed by atoms with Crippen molar-refractivity contribution in [2.75, 3.05) is 5.32 Å². The number of anilines is 1. The van der Waals surface area contributed by atoms with Crippen LogP contribution >= 0.6 is 11.6 Å². The molecule has 1 N–H and O–H groups in total. The Morgan fingerprint density at radius 3 is 2.76 bits per heavy atom. The Balaban J connectivity index is 1.46. The Morgan fingerprint density at radius 2 is 1.97 bits per heavy atom. The Bertz CT molecular complexity index is 1290. The van der Waals surface area contributed by atoms with Crippen molar-refractivity contribution in [2.24, 2.45) is 0 Å². The number of nitrogens with zero attached hydrogens (tertiary/aromatic N) is 3. The molecule has 0 aliphatic carbocycles. The molecule has 1 amide bonds. The second-order valence-electron chi connectivity index (χ2n) is 7.63. The average Bonchev–Trinajstić information content (AvgIpc) is 3.38. The predicted molar refractivity (Wildman–Crippen MR) is 122 cm³/mol. The molecule has 0 spiro atoms. The van der Waals surface area contributed by atoms with Crippen LogP contribution < -0.4 is 10.1 Å². The largest absolute Gasteiger partial charge is 0.488 e. The number of hydrogen-bond donors (Lipinski definition) is 1. The second kappa shape index (κ2) is 9.46. The van der Waals surface area contributed by atoms with E-state index in [-0.39, 0.29) is 18.8 Å². The van der Waals surface area contributed by atoms with Gasteiger partial charge in [-0.25, -0.2) is 4.39 Å². The van der Waals surface area contributed by atoms with Crippen molar-refractivity contribution in [2.45, 2.75) is 33.9 Å². The van der Waals surface area contributed by atoms with Gasteiger partial charge in [0.15, 0.2) is 5.69 Å². The predicted octanol–water partition coefficient (Wildman–Crippen LogP) is 5.47. The zero-order valence-electron chi connectivity index (χ0n) is 18.4. The number of carbonyl (C=O) groups is 1. The molecule has 0 atom stereocenters. The quantitative estimate of drug-likeness (QED) is 0.389. The van der Waals surface area contributed by atoms with Crippen molar-refractivity contribution in [1.82, 2.24) is 14.9 Å². The summed E-state index contributed by atoms with van der Waals surface area (Å²) in [5.74, 6) is 0.343. The van der Waals surface area contributed by atoms with Crippen LogP contribution in [0.25, 0.3) is 0 Å². The summed E-state index contributed by atoms with van der Waals surface area (Å²) in [5.41, 5.74) is 3.57. The lowest BCUT2D eigenvalue weighted by atomic mass is 10.1. The van der Waals surface area contributed by atoms with Crippen molar-refractivity contribution in [1.29, 1.82) is 0 Å². The highest BCUT2D eigenvalue weighted by Gasteiger charge is 2.21. The smallest absolute Gasteiger partial charge is 0.278 e. The van der Waals surface area contributed by atoms with Gasteiger partial charge in [0.05, 0.1) is 24.0 Å². The van der Waals surface area contributed by atoms with Gasteiger partial charge in [-0.2, -0.15) is 5.10 Å². The highest BCUT2D eigenvalue weighted by molar-refractivity contribution is 6.31.